The van der Waals surface area contributed by atoms with Gasteiger partial charge in [0.15, 0.2) is 5.78 Å². The highest BCUT2D eigenvalue weighted by Gasteiger charge is 2.41. The van der Waals surface area contributed by atoms with Crippen molar-refractivity contribution >= 4 is 58.6 Å². The first-order valence-electron chi connectivity index (χ1n) is 10.8. The Balaban J connectivity index is 2.83. The Morgan fingerprint density at radius 3 is 1.75 bits per heavy atom. The molecule has 0 fully saturated rings. The maximum atomic E-state index is 13.9. The third kappa shape index (κ3) is 5.57. The number of carbonyl (C=O) groups excluding carboxylic acids is 2. The van der Waals surface area contributed by atoms with E-state index in [1.165, 1.54) is 35.3 Å². The minimum atomic E-state index is -0.362. The van der Waals surface area contributed by atoms with Crippen LogP contribution < -0.4 is 0 Å². The first kappa shape index (κ1) is 27.3. The van der Waals surface area contributed by atoms with Crippen LogP contribution in [0.25, 0.3) is 0 Å². The molecule has 2 rings (SSSR count). The van der Waals surface area contributed by atoms with Crippen LogP contribution >= 0.6 is 47.0 Å². The van der Waals surface area contributed by atoms with E-state index in [1.807, 2.05) is 41.5 Å². The molecule has 0 spiro atoms. The van der Waals surface area contributed by atoms with Crippen molar-refractivity contribution in [2.45, 2.75) is 63.0 Å². The smallest absolute Gasteiger partial charge is 0.204 e. The lowest BCUT2D eigenvalue weighted by molar-refractivity contribution is 0.0973. The van der Waals surface area contributed by atoms with Gasteiger partial charge in [0.05, 0.1) is 25.8 Å². The number of ketones is 2. The van der Waals surface area contributed by atoms with Gasteiger partial charge in [0.1, 0.15) is 11.5 Å². The Hall–Kier alpha value is -0.960. The molecular weight excluding hydrogens is 481 g/mol. The van der Waals surface area contributed by atoms with E-state index in [0.29, 0.717) is 43.9 Å². The molecule has 0 aliphatic heterocycles. The van der Waals surface area contributed by atoms with Gasteiger partial charge in [-0.2, -0.15) is 11.8 Å². The number of allylic oxidation sites excluding steroid dienone is 3. The molecule has 1 unspecified atom stereocenters. The number of rotatable bonds is 11. The van der Waals surface area contributed by atoms with Gasteiger partial charge in [0.25, 0.3) is 0 Å². The van der Waals surface area contributed by atoms with Gasteiger partial charge >= 0.3 is 0 Å². The van der Waals surface area contributed by atoms with E-state index < -0.39 is 0 Å². The number of benzene rings is 1. The minimum Gasteiger partial charge on any atom is -0.506 e. The van der Waals surface area contributed by atoms with Crippen LogP contribution in [0.5, 0.6) is 11.5 Å². The zero-order chi connectivity index (χ0) is 24.0. The fourth-order valence-corrected chi connectivity index (χ4v) is 7.42. The van der Waals surface area contributed by atoms with E-state index in [2.05, 4.69) is 6.08 Å². The first-order valence-corrected chi connectivity index (χ1v) is 14.8. The lowest BCUT2D eigenvalue weighted by atomic mass is 9.85. The highest BCUT2D eigenvalue weighted by Crippen LogP contribution is 2.52. The second-order valence-corrected chi connectivity index (χ2v) is 12.6. The molecule has 8 heteroatoms. The fraction of sp³-hybridized carbons (Fsp3) is 0.500. The average molecular weight is 513 g/mol. The Labute approximate surface area is 208 Å². The molecule has 4 nitrogen and oxygen atoms in total. The number of phenolic OH excluding ortho intramolecular Hbond substituents is 2. The largest absolute Gasteiger partial charge is 0.506 e. The zero-order valence-electron chi connectivity index (χ0n) is 19.5. The van der Waals surface area contributed by atoms with Crippen molar-refractivity contribution in [3.8, 4) is 11.5 Å². The normalized spacial score (nSPS) is 14.6. The van der Waals surface area contributed by atoms with Gasteiger partial charge in [-0.15, -0.1) is 35.3 Å². The molecule has 0 bridgehead atoms. The van der Waals surface area contributed by atoms with Crippen LogP contribution in [0.2, 0.25) is 0 Å². The van der Waals surface area contributed by atoms with Crippen LogP contribution in [0.15, 0.2) is 31.9 Å². The number of carbonyl (C=O) groups is 2. The third-order valence-electron chi connectivity index (χ3n) is 4.81. The molecule has 1 atom stereocenters. The molecule has 2 N–H and O–H groups in total. The number of hydrogen-bond donors (Lipinski definition) is 2. The lowest BCUT2D eigenvalue weighted by Crippen LogP contribution is -2.27. The van der Waals surface area contributed by atoms with Crippen molar-refractivity contribution in [3.05, 3.63) is 33.3 Å². The van der Waals surface area contributed by atoms with Gasteiger partial charge in [-0.1, -0.05) is 39.3 Å². The SMILES string of the molecule is CCSC1=C(C(CC=C(C)C)SCC)C(=O)c2c(O)c(SCC)c(SCC)c(O)c2C1=O. The highest BCUT2D eigenvalue weighted by molar-refractivity contribution is 8.04. The summed E-state index contributed by atoms with van der Waals surface area (Å²) in [4.78, 5) is 28.9. The Kier molecular flexibility index (Phi) is 10.6. The summed E-state index contributed by atoms with van der Waals surface area (Å²) in [5.41, 5.74) is 1.51. The number of phenols is 2. The molecule has 0 radical (unpaired) electrons. The summed E-state index contributed by atoms with van der Waals surface area (Å²) >= 11 is 5.72. The van der Waals surface area contributed by atoms with Gasteiger partial charge in [-0.25, -0.2) is 0 Å². The van der Waals surface area contributed by atoms with Crippen LogP contribution in [0, 0.1) is 0 Å². The number of fused-ring (bicyclic) bond motifs is 1. The van der Waals surface area contributed by atoms with E-state index in [4.69, 9.17) is 0 Å². The number of aromatic hydroxyl groups is 2. The Morgan fingerprint density at radius 2 is 1.31 bits per heavy atom. The number of thioether (sulfide) groups is 4. The van der Waals surface area contributed by atoms with Crippen molar-refractivity contribution in [3.63, 3.8) is 0 Å². The monoisotopic (exact) mass is 512 g/mol. The van der Waals surface area contributed by atoms with E-state index in [9.17, 15) is 19.8 Å². The molecule has 0 heterocycles. The van der Waals surface area contributed by atoms with Crippen LogP contribution in [-0.2, 0) is 0 Å². The molecule has 1 aromatic carbocycles. The van der Waals surface area contributed by atoms with Crippen LogP contribution in [-0.4, -0.2) is 50.0 Å². The summed E-state index contributed by atoms with van der Waals surface area (Å²) in [6.45, 7) is 11.9. The molecule has 176 valence electrons. The predicted molar refractivity (Wildman–Crippen MR) is 142 cm³/mol. The van der Waals surface area contributed by atoms with Crippen LogP contribution in [0.4, 0.5) is 0 Å². The quantitative estimate of drug-likeness (QED) is 0.183. The summed E-state index contributed by atoms with van der Waals surface area (Å²) < 4.78 is 0. The molecule has 0 saturated heterocycles. The van der Waals surface area contributed by atoms with E-state index in [-0.39, 0.29) is 39.4 Å². The second kappa shape index (κ2) is 12.5. The van der Waals surface area contributed by atoms with Crippen molar-refractivity contribution < 1.29 is 19.8 Å². The van der Waals surface area contributed by atoms with Crippen LogP contribution in [0.3, 0.4) is 0 Å². The van der Waals surface area contributed by atoms with Gasteiger partial charge in [-0.05, 0) is 43.3 Å². The highest BCUT2D eigenvalue weighted by atomic mass is 32.2. The molecule has 1 aliphatic carbocycles. The molecule has 0 amide bonds. The van der Waals surface area contributed by atoms with Gasteiger partial charge in [0, 0.05) is 10.8 Å². The summed E-state index contributed by atoms with van der Waals surface area (Å²) in [6.07, 6.45) is 2.71. The molecule has 0 aromatic heterocycles. The Morgan fingerprint density at radius 1 is 0.812 bits per heavy atom. The average Bonchev–Trinajstić information content (AvgIpc) is 2.74. The minimum absolute atomic E-state index is 0.0433. The van der Waals surface area contributed by atoms with Crippen molar-refractivity contribution in [2.75, 3.05) is 23.0 Å². The summed E-state index contributed by atoms with van der Waals surface area (Å²) in [5, 5.41) is 22.1. The molecule has 1 aliphatic rings. The van der Waals surface area contributed by atoms with Gasteiger partial charge in [-0.3, -0.25) is 9.59 Å². The van der Waals surface area contributed by atoms with E-state index in [1.54, 1.807) is 11.8 Å². The summed E-state index contributed by atoms with van der Waals surface area (Å²) in [7, 11) is 0. The van der Waals surface area contributed by atoms with Crippen molar-refractivity contribution in [1.29, 1.82) is 0 Å². The van der Waals surface area contributed by atoms with Crippen molar-refractivity contribution in [1.82, 2.24) is 0 Å². The van der Waals surface area contributed by atoms with Crippen molar-refractivity contribution in [2.24, 2.45) is 0 Å². The third-order valence-corrected chi connectivity index (χ3v) is 9.03. The van der Waals surface area contributed by atoms with Gasteiger partial charge in [0.2, 0.25) is 5.78 Å². The van der Waals surface area contributed by atoms with Gasteiger partial charge < -0.3 is 10.2 Å². The zero-order valence-corrected chi connectivity index (χ0v) is 22.8. The number of Topliss-reactive ketones (excluding diaryl/α,β-unsaturated/α-hetero) is 2. The van der Waals surface area contributed by atoms with E-state index in [0.717, 1.165) is 11.3 Å². The summed E-state index contributed by atoms with van der Waals surface area (Å²) in [6, 6.07) is 0. The summed E-state index contributed by atoms with van der Waals surface area (Å²) in [5.74, 6) is 1.69. The lowest BCUT2D eigenvalue weighted by Gasteiger charge is -2.28. The Bertz CT molecular complexity index is 946. The predicted octanol–water partition coefficient (Wildman–Crippen LogP) is 7.19. The standard InChI is InChI=1S/C24H32O4S4/c1-7-29-14(12-11-13(5)6)15-18(25)16-17(19(26)22(15)30-8-2)21(28)24(32-10-4)23(20(16)27)31-9-3/h11,14,27-28H,7-10,12H2,1-6H3. The molecule has 0 saturated carbocycles. The molecule has 32 heavy (non-hydrogen) atoms. The maximum Gasteiger partial charge on any atom is 0.204 e. The topological polar surface area (TPSA) is 74.6 Å². The second-order valence-electron chi connectivity index (χ2n) is 7.27. The van der Waals surface area contributed by atoms with Crippen LogP contribution in [0.1, 0.15) is 68.7 Å². The maximum absolute atomic E-state index is 13.9. The van der Waals surface area contributed by atoms with E-state index >= 15 is 0 Å². The number of hydrogen-bond acceptors (Lipinski definition) is 8. The molecular formula is C24H32O4S4. The molecule has 1 aromatic rings. The first-order chi connectivity index (χ1) is 15.2. The fourth-order valence-electron chi connectivity index (χ4n) is 3.54.